The predicted molar refractivity (Wildman–Crippen MR) is 226 cm³/mol. The SMILES string of the molecule is CN(C)CC[C@H](CSc1ccccc1)Nc1ccc(S(=O)(=O)NC(=O)c2ccccc2N2CCN(Cc3ccccc3-c3ccc(Cl)cc3)CC2)cc1[N+](=O)[O-]. The molecule has 0 saturated carbocycles. The van der Waals surface area contributed by atoms with Crippen molar-refractivity contribution in [3.8, 4) is 11.1 Å². The molecular weight excluding hydrogens is 768 g/mol. The first-order chi connectivity index (χ1) is 27.0. The molecule has 292 valence electrons. The Hall–Kier alpha value is -4.92. The summed E-state index contributed by atoms with van der Waals surface area (Å²) in [6.45, 7) is 4.20. The first kappa shape index (κ1) is 40.7. The van der Waals surface area contributed by atoms with Crippen LogP contribution in [0.25, 0.3) is 11.1 Å². The summed E-state index contributed by atoms with van der Waals surface area (Å²) < 4.78 is 29.4. The lowest BCUT2D eigenvalue weighted by Gasteiger charge is -2.37. The van der Waals surface area contributed by atoms with Crippen LogP contribution in [0.2, 0.25) is 5.02 Å². The van der Waals surface area contributed by atoms with Crippen molar-refractivity contribution in [1.82, 2.24) is 14.5 Å². The Morgan fingerprint density at radius 2 is 1.57 bits per heavy atom. The Labute approximate surface area is 337 Å². The number of hydrogen-bond donors (Lipinski definition) is 2. The Morgan fingerprint density at radius 3 is 2.29 bits per heavy atom. The lowest BCUT2D eigenvalue weighted by atomic mass is 9.99. The van der Waals surface area contributed by atoms with Gasteiger partial charge in [0.2, 0.25) is 0 Å². The Morgan fingerprint density at radius 1 is 0.893 bits per heavy atom. The zero-order valence-electron chi connectivity index (χ0n) is 31.3. The lowest BCUT2D eigenvalue weighted by molar-refractivity contribution is -0.384. The largest absolute Gasteiger partial charge is 0.376 e. The fourth-order valence-corrected chi connectivity index (χ4v) is 8.74. The third-order valence-electron chi connectivity index (χ3n) is 9.61. The van der Waals surface area contributed by atoms with Crippen LogP contribution in [0, 0.1) is 10.1 Å². The first-order valence-corrected chi connectivity index (χ1v) is 21.2. The summed E-state index contributed by atoms with van der Waals surface area (Å²) in [4.78, 5) is 32.5. The number of hydrogen-bond acceptors (Lipinski definition) is 10. The van der Waals surface area contributed by atoms with Crippen LogP contribution in [-0.4, -0.2) is 87.7 Å². The Balaban J connectivity index is 1.12. The van der Waals surface area contributed by atoms with E-state index in [1.807, 2.05) is 91.8 Å². The average Bonchev–Trinajstić information content (AvgIpc) is 3.20. The zero-order valence-corrected chi connectivity index (χ0v) is 33.7. The highest BCUT2D eigenvalue weighted by Crippen LogP contribution is 2.31. The minimum absolute atomic E-state index is 0.146. The molecular formula is C42H45ClN6O5S2. The monoisotopic (exact) mass is 812 g/mol. The third kappa shape index (κ3) is 10.7. The number of carbonyl (C=O) groups is 1. The van der Waals surface area contributed by atoms with Crippen LogP contribution in [0.5, 0.6) is 0 Å². The van der Waals surface area contributed by atoms with Crippen molar-refractivity contribution in [2.45, 2.75) is 28.8 Å². The van der Waals surface area contributed by atoms with Crippen molar-refractivity contribution in [2.24, 2.45) is 0 Å². The molecule has 0 unspecified atom stereocenters. The van der Waals surface area contributed by atoms with E-state index in [0.29, 0.717) is 36.0 Å². The van der Waals surface area contributed by atoms with Gasteiger partial charge in [-0.15, -0.1) is 11.8 Å². The van der Waals surface area contributed by atoms with E-state index in [0.717, 1.165) is 48.3 Å². The molecule has 0 radical (unpaired) electrons. The third-order valence-corrected chi connectivity index (χ3v) is 12.4. The minimum Gasteiger partial charge on any atom is -0.376 e. The molecule has 5 aromatic carbocycles. The van der Waals surface area contributed by atoms with Crippen LogP contribution >= 0.6 is 23.4 Å². The number of thioether (sulfide) groups is 1. The second kappa shape index (κ2) is 18.8. The standard InChI is InChI=1S/C42H45ClN6O5S2/c1-46(2)23-22-34(30-55-35-11-4-3-5-12-35)44-39-21-20-36(28-41(39)49(51)52)56(53,54)45-42(50)38-14-8-9-15-40(38)48-26-24-47(25-27-48)29-32-10-6-7-13-37(32)31-16-18-33(43)19-17-31/h3-21,28,34,44H,22-27,29-30H2,1-2H3,(H,45,50)/t34-/m1/s1. The molecule has 56 heavy (non-hydrogen) atoms. The van der Waals surface area contributed by atoms with Gasteiger partial charge in [0, 0.05) is 66.2 Å². The number of nitro groups is 1. The molecule has 1 aliphatic heterocycles. The van der Waals surface area contributed by atoms with Gasteiger partial charge < -0.3 is 15.1 Å². The average molecular weight is 813 g/mol. The van der Waals surface area contributed by atoms with Gasteiger partial charge in [-0.05, 0) is 92.3 Å². The molecule has 1 amide bonds. The number of amides is 1. The topological polar surface area (TPSA) is 128 Å². The molecule has 0 aliphatic carbocycles. The number of sulfonamides is 1. The lowest BCUT2D eigenvalue weighted by Crippen LogP contribution is -2.46. The number of piperazine rings is 1. The number of halogens is 1. The molecule has 1 saturated heterocycles. The smallest absolute Gasteiger partial charge is 0.293 e. The van der Waals surface area contributed by atoms with Crippen LogP contribution < -0.4 is 14.9 Å². The summed E-state index contributed by atoms with van der Waals surface area (Å²) in [5, 5.41) is 16.2. The van der Waals surface area contributed by atoms with Gasteiger partial charge in [-0.3, -0.25) is 19.8 Å². The first-order valence-electron chi connectivity index (χ1n) is 18.3. The van der Waals surface area contributed by atoms with Crippen molar-refractivity contribution in [2.75, 3.05) is 62.8 Å². The number of carbonyl (C=O) groups excluding carboxylic acids is 1. The summed E-state index contributed by atoms with van der Waals surface area (Å²) >= 11 is 7.76. The fraction of sp³-hybridized carbons (Fsp3) is 0.262. The molecule has 1 aliphatic rings. The number of anilines is 2. The summed E-state index contributed by atoms with van der Waals surface area (Å²) in [5.41, 5.74) is 4.06. The van der Waals surface area contributed by atoms with Gasteiger partial charge in [-0.2, -0.15) is 0 Å². The molecule has 5 aromatic rings. The zero-order chi connectivity index (χ0) is 39.7. The summed E-state index contributed by atoms with van der Waals surface area (Å²) in [6, 6.07) is 36.4. The van der Waals surface area contributed by atoms with Crippen molar-refractivity contribution < 1.29 is 18.1 Å². The van der Waals surface area contributed by atoms with Crippen molar-refractivity contribution >= 4 is 56.4 Å². The number of rotatable bonds is 16. The quantitative estimate of drug-likeness (QED) is 0.0577. The van der Waals surface area contributed by atoms with Crippen molar-refractivity contribution in [3.05, 3.63) is 148 Å². The van der Waals surface area contributed by atoms with Crippen LogP contribution in [0.1, 0.15) is 22.3 Å². The Bertz CT molecular complexity index is 2230. The molecule has 1 heterocycles. The van der Waals surface area contributed by atoms with Gasteiger partial charge in [0.1, 0.15) is 5.69 Å². The normalized spacial score (nSPS) is 14.0. The maximum absolute atomic E-state index is 13.7. The summed E-state index contributed by atoms with van der Waals surface area (Å²) in [5.74, 6) is -0.177. The number of nitro benzene ring substituents is 1. The fourth-order valence-electron chi connectivity index (χ4n) is 6.63. The number of para-hydroxylation sites is 1. The van der Waals surface area contributed by atoms with Crippen LogP contribution in [0.4, 0.5) is 17.1 Å². The van der Waals surface area contributed by atoms with E-state index in [1.165, 1.54) is 17.7 Å². The summed E-state index contributed by atoms with van der Waals surface area (Å²) in [7, 11) is -0.552. The molecule has 1 atom stereocenters. The highest BCUT2D eigenvalue weighted by atomic mass is 35.5. The molecule has 14 heteroatoms. The van der Waals surface area contributed by atoms with Crippen LogP contribution in [0.3, 0.4) is 0 Å². The van der Waals surface area contributed by atoms with Crippen molar-refractivity contribution in [1.29, 1.82) is 0 Å². The number of nitrogens with one attached hydrogen (secondary N) is 2. The molecule has 1 fully saturated rings. The Kier molecular flexibility index (Phi) is 13.7. The molecule has 0 bridgehead atoms. The van der Waals surface area contributed by atoms with Gasteiger partial charge in [0.25, 0.3) is 21.6 Å². The van der Waals surface area contributed by atoms with Gasteiger partial charge >= 0.3 is 0 Å². The second-order valence-electron chi connectivity index (χ2n) is 13.9. The molecule has 11 nitrogen and oxygen atoms in total. The van der Waals surface area contributed by atoms with Crippen LogP contribution in [-0.2, 0) is 16.6 Å². The van der Waals surface area contributed by atoms with E-state index in [4.69, 9.17) is 11.6 Å². The molecule has 0 aromatic heterocycles. The highest BCUT2D eigenvalue weighted by Gasteiger charge is 2.28. The second-order valence-corrected chi connectivity index (χ2v) is 17.1. The van der Waals surface area contributed by atoms with E-state index >= 15 is 0 Å². The van der Waals surface area contributed by atoms with E-state index < -0.39 is 26.5 Å². The van der Waals surface area contributed by atoms with Crippen LogP contribution in [0.15, 0.2) is 131 Å². The molecule has 6 rings (SSSR count). The predicted octanol–water partition coefficient (Wildman–Crippen LogP) is 7.88. The molecule has 2 N–H and O–H groups in total. The van der Waals surface area contributed by atoms with Gasteiger partial charge in [-0.1, -0.05) is 78.3 Å². The maximum Gasteiger partial charge on any atom is 0.293 e. The van der Waals surface area contributed by atoms with E-state index in [-0.39, 0.29) is 22.2 Å². The van der Waals surface area contributed by atoms with E-state index in [9.17, 15) is 23.3 Å². The number of nitrogens with zero attached hydrogens (tertiary/aromatic N) is 4. The van der Waals surface area contributed by atoms with E-state index in [2.05, 4.69) is 32.0 Å². The number of benzene rings is 5. The van der Waals surface area contributed by atoms with E-state index in [1.54, 1.807) is 30.0 Å². The van der Waals surface area contributed by atoms with Gasteiger partial charge in [0.15, 0.2) is 0 Å². The minimum atomic E-state index is -4.47. The van der Waals surface area contributed by atoms with Crippen molar-refractivity contribution in [3.63, 3.8) is 0 Å². The summed E-state index contributed by atoms with van der Waals surface area (Å²) in [6.07, 6.45) is 0.701. The maximum atomic E-state index is 13.7. The van der Waals surface area contributed by atoms with Gasteiger partial charge in [0.05, 0.1) is 15.4 Å². The highest BCUT2D eigenvalue weighted by molar-refractivity contribution is 7.99. The molecule has 0 spiro atoms. The van der Waals surface area contributed by atoms with Gasteiger partial charge in [-0.25, -0.2) is 13.1 Å².